The summed E-state index contributed by atoms with van der Waals surface area (Å²) in [5.41, 5.74) is 0.825. The fourth-order valence-electron chi connectivity index (χ4n) is 1.20. The Balaban J connectivity index is 2.67. The van der Waals surface area contributed by atoms with E-state index in [4.69, 9.17) is 5.11 Å². The van der Waals surface area contributed by atoms with Crippen LogP contribution in [0.4, 0.5) is 0 Å². The molecule has 1 rings (SSSR count). The third-order valence-electron chi connectivity index (χ3n) is 1.86. The molecule has 0 bridgehead atoms. The van der Waals surface area contributed by atoms with Gasteiger partial charge in [-0.3, -0.25) is 9.78 Å². The molecule has 0 saturated heterocycles. The number of hydrogen-bond donors (Lipinski definition) is 2. The third-order valence-corrected chi connectivity index (χ3v) is 1.86. The molecule has 1 heterocycles. The van der Waals surface area contributed by atoms with Gasteiger partial charge in [0.15, 0.2) is 0 Å². The van der Waals surface area contributed by atoms with E-state index in [1.807, 2.05) is 0 Å². The molecule has 5 heteroatoms. The summed E-state index contributed by atoms with van der Waals surface area (Å²) < 4.78 is 0. The number of aliphatic carboxylic acids is 1. The molecule has 1 atom stereocenters. The average molecular weight is 208 g/mol. The number of amides is 1. The summed E-state index contributed by atoms with van der Waals surface area (Å²) in [6, 6.07) is 2.56. The highest BCUT2D eigenvalue weighted by Gasteiger charge is 2.18. The molecular weight excluding hydrogens is 196 g/mol. The Hall–Kier alpha value is -1.91. The van der Waals surface area contributed by atoms with Crippen LogP contribution in [0.15, 0.2) is 24.5 Å². The van der Waals surface area contributed by atoms with Gasteiger partial charge >= 0.3 is 5.97 Å². The molecule has 0 radical (unpaired) electrons. The zero-order valence-electron chi connectivity index (χ0n) is 8.30. The van der Waals surface area contributed by atoms with Crippen molar-refractivity contribution in [3.63, 3.8) is 0 Å². The van der Waals surface area contributed by atoms with Gasteiger partial charge in [-0.1, -0.05) is 0 Å². The van der Waals surface area contributed by atoms with Gasteiger partial charge in [0.05, 0.1) is 0 Å². The molecule has 0 fully saturated rings. The Morgan fingerprint density at radius 3 is 2.53 bits per heavy atom. The number of hydrogen-bond acceptors (Lipinski definition) is 3. The standard InChI is InChI=1S/C10H12N2O3/c1-7(13)12-9(10(14)15)6-8-2-4-11-5-3-8/h2-5,9H,6H2,1H3,(H,12,13)(H,14,15). The Morgan fingerprint density at radius 1 is 1.47 bits per heavy atom. The fraction of sp³-hybridized carbons (Fsp3) is 0.300. The predicted molar refractivity (Wildman–Crippen MR) is 53.2 cm³/mol. The van der Waals surface area contributed by atoms with Crippen molar-refractivity contribution in [2.75, 3.05) is 0 Å². The van der Waals surface area contributed by atoms with Crippen LogP contribution in [0.3, 0.4) is 0 Å². The topological polar surface area (TPSA) is 79.3 Å². The molecule has 0 saturated carbocycles. The lowest BCUT2D eigenvalue weighted by atomic mass is 10.1. The van der Waals surface area contributed by atoms with Crippen molar-refractivity contribution in [3.05, 3.63) is 30.1 Å². The summed E-state index contributed by atoms with van der Waals surface area (Å²) in [5, 5.41) is 11.2. The lowest BCUT2D eigenvalue weighted by molar-refractivity contribution is -0.141. The van der Waals surface area contributed by atoms with Crippen LogP contribution in [0.2, 0.25) is 0 Å². The summed E-state index contributed by atoms with van der Waals surface area (Å²) in [6.07, 6.45) is 3.43. The maximum absolute atomic E-state index is 10.8. The fourth-order valence-corrected chi connectivity index (χ4v) is 1.20. The van der Waals surface area contributed by atoms with Crippen LogP contribution in [0, 0.1) is 0 Å². The molecule has 80 valence electrons. The van der Waals surface area contributed by atoms with Crippen molar-refractivity contribution in [1.82, 2.24) is 10.3 Å². The Bertz CT molecular complexity index is 351. The van der Waals surface area contributed by atoms with Gasteiger partial charge in [-0.2, -0.15) is 0 Å². The number of carbonyl (C=O) groups is 2. The normalized spacial score (nSPS) is 11.8. The van der Waals surface area contributed by atoms with Crippen molar-refractivity contribution in [2.45, 2.75) is 19.4 Å². The summed E-state index contributed by atoms with van der Waals surface area (Å²) in [6.45, 7) is 1.29. The van der Waals surface area contributed by atoms with E-state index < -0.39 is 12.0 Å². The number of aromatic nitrogens is 1. The van der Waals surface area contributed by atoms with Gasteiger partial charge in [-0.15, -0.1) is 0 Å². The van der Waals surface area contributed by atoms with Crippen molar-refractivity contribution >= 4 is 11.9 Å². The molecule has 0 aliphatic rings. The van der Waals surface area contributed by atoms with Crippen LogP contribution < -0.4 is 5.32 Å². The van der Waals surface area contributed by atoms with E-state index in [9.17, 15) is 9.59 Å². The van der Waals surface area contributed by atoms with Crippen molar-refractivity contribution < 1.29 is 14.7 Å². The van der Waals surface area contributed by atoms with Crippen molar-refractivity contribution in [2.24, 2.45) is 0 Å². The smallest absolute Gasteiger partial charge is 0.326 e. The summed E-state index contributed by atoms with van der Waals surface area (Å²) >= 11 is 0. The molecule has 5 nitrogen and oxygen atoms in total. The maximum atomic E-state index is 10.8. The molecule has 1 aromatic rings. The third kappa shape index (κ3) is 3.76. The van der Waals surface area contributed by atoms with Crippen LogP contribution in [-0.2, 0) is 16.0 Å². The monoisotopic (exact) mass is 208 g/mol. The highest BCUT2D eigenvalue weighted by molar-refractivity contribution is 5.82. The molecule has 0 aromatic carbocycles. The van der Waals surface area contributed by atoms with E-state index in [0.29, 0.717) is 0 Å². The number of carboxylic acids is 1. The molecule has 15 heavy (non-hydrogen) atoms. The van der Waals surface area contributed by atoms with Crippen LogP contribution >= 0.6 is 0 Å². The number of carbonyl (C=O) groups excluding carboxylic acids is 1. The van der Waals surface area contributed by atoms with E-state index in [1.54, 1.807) is 24.5 Å². The molecule has 0 spiro atoms. The number of rotatable bonds is 4. The molecule has 1 aromatic heterocycles. The number of nitrogens with one attached hydrogen (secondary N) is 1. The van der Waals surface area contributed by atoms with E-state index in [1.165, 1.54) is 6.92 Å². The molecule has 0 aliphatic heterocycles. The first-order chi connectivity index (χ1) is 7.09. The van der Waals surface area contributed by atoms with Gasteiger partial charge in [0.25, 0.3) is 0 Å². The molecule has 2 N–H and O–H groups in total. The first-order valence-corrected chi connectivity index (χ1v) is 4.48. The van der Waals surface area contributed by atoms with E-state index in [2.05, 4.69) is 10.3 Å². The van der Waals surface area contributed by atoms with E-state index in [-0.39, 0.29) is 12.3 Å². The minimum absolute atomic E-state index is 0.261. The van der Waals surface area contributed by atoms with Crippen LogP contribution in [0.25, 0.3) is 0 Å². The van der Waals surface area contributed by atoms with Gasteiger partial charge in [-0.05, 0) is 17.7 Å². The van der Waals surface area contributed by atoms with Gasteiger partial charge < -0.3 is 10.4 Å². The van der Waals surface area contributed by atoms with Crippen molar-refractivity contribution in [1.29, 1.82) is 0 Å². The minimum atomic E-state index is -1.04. The lowest BCUT2D eigenvalue weighted by Gasteiger charge is -2.12. The van der Waals surface area contributed by atoms with Crippen LogP contribution in [0.1, 0.15) is 12.5 Å². The maximum Gasteiger partial charge on any atom is 0.326 e. The second-order valence-corrected chi connectivity index (χ2v) is 3.15. The summed E-state index contributed by atoms with van der Waals surface area (Å²) in [5.74, 6) is -1.39. The first kappa shape index (κ1) is 11.2. The van der Waals surface area contributed by atoms with Gasteiger partial charge in [0.1, 0.15) is 6.04 Å². The molecule has 1 unspecified atom stereocenters. The number of pyridine rings is 1. The second kappa shape index (κ2) is 5.09. The van der Waals surface area contributed by atoms with Gasteiger partial charge in [-0.25, -0.2) is 4.79 Å². The second-order valence-electron chi connectivity index (χ2n) is 3.15. The largest absolute Gasteiger partial charge is 0.480 e. The van der Waals surface area contributed by atoms with Gasteiger partial charge in [0, 0.05) is 25.7 Å². The molecule has 1 amide bonds. The number of carboxylic acid groups (broad SMARTS) is 1. The highest BCUT2D eigenvalue weighted by Crippen LogP contribution is 2.01. The van der Waals surface area contributed by atoms with Crippen LogP contribution in [-0.4, -0.2) is 28.0 Å². The van der Waals surface area contributed by atoms with Gasteiger partial charge in [0.2, 0.25) is 5.91 Å². The van der Waals surface area contributed by atoms with Crippen LogP contribution in [0.5, 0.6) is 0 Å². The zero-order chi connectivity index (χ0) is 11.3. The zero-order valence-corrected chi connectivity index (χ0v) is 8.30. The Kier molecular flexibility index (Phi) is 3.79. The minimum Gasteiger partial charge on any atom is -0.480 e. The van der Waals surface area contributed by atoms with Crippen molar-refractivity contribution in [3.8, 4) is 0 Å². The summed E-state index contributed by atoms with van der Waals surface area (Å²) in [4.78, 5) is 25.4. The predicted octanol–water partition coefficient (Wildman–Crippen LogP) is 0.213. The number of nitrogens with zero attached hydrogens (tertiary/aromatic N) is 1. The Morgan fingerprint density at radius 2 is 2.07 bits per heavy atom. The van der Waals surface area contributed by atoms with E-state index >= 15 is 0 Å². The highest BCUT2D eigenvalue weighted by atomic mass is 16.4. The molecule has 0 aliphatic carbocycles. The first-order valence-electron chi connectivity index (χ1n) is 4.48. The summed E-state index contributed by atoms with van der Waals surface area (Å²) in [7, 11) is 0. The quantitative estimate of drug-likeness (QED) is 0.741. The van der Waals surface area contributed by atoms with E-state index in [0.717, 1.165) is 5.56 Å². The Labute approximate surface area is 87.1 Å². The lowest BCUT2D eigenvalue weighted by Crippen LogP contribution is -2.41. The average Bonchev–Trinajstić information content (AvgIpc) is 2.17. The SMILES string of the molecule is CC(=O)NC(Cc1ccncc1)C(=O)O. The molecular formula is C10H12N2O3.